The Morgan fingerprint density at radius 2 is 2.04 bits per heavy atom. The molecule has 0 fully saturated rings. The van der Waals surface area contributed by atoms with E-state index in [1.807, 2.05) is 6.92 Å². The normalized spacial score (nSPS) is 12.9. The molecule has 2 aromatic rings. The number of nitrogens with zero attached hydrogens (tertiary/aromatic N) is 3. The predicted octanol–water partition coefficient (Wildman–Crippen LogP) is 1.77. The Morgan fingerprint density at radius 1 is 1.31 bits per heavy atom. The fourth-order valence-electron chi connectivity index (χ4n) is 2.08. The summed E-state index contributed by atoms with van der Waals surface area (Å²) in [7, 11) is 0. The average molecular weight is 369 g/mol. The number of rotatable bonds is 8. The van der Waals surface area contributed by atoms with Crippen LogP contribution in [0.5, 0.6) is 5.75 Å². The number of ether oxygens (including phenoxy) is 1. The minimum atomic E-state index is -2.88. The smallest absolute Gasteiger partial charge is 0.387 e. The van der Waals surface area contributed by atoms with Gasteiger partial charge in [0, 0.05) is 13.1 Å². The van der Waals surface area contributed by atoms with Gasteiger partial charge in [-0.05, 0) is 31.5 Å². The van der Waals surface area contributed by atoms with Crippen LogP contribution in [0, 0.1) is 6.92 Å². The number of aryl methyl sites for hydroxylation is 1. The molecule has 2 rings (SSSR count). The van der Waals surface area contributed by atoms with Crippen LogP contribution in [-0.4, -0.2) is 40.9 Å². The molecule has 0 radical (unpaired) electrons. The topological polar surface area (TPSA) is 105 Å². The largest absolute Gasteiger partial charge is 0.435 e. The van der Waals surface area contributed by atoms with Crippen LogP contribution in [0.2, 0.25) is 0 Å². The van der Waals surface area contributed by atoms with E-state index in [0.29, 0.717) is 29.8 Å². The van der Waals surface area contributed by atoms with Crippen LogP contribution in [0.1, 0.15) is 30.3 Å². The van der Waals surface area contributed by atoms with Gasteiger partial charge in [-0.25, -0.2) is 4.99 Å². The lowest BCUT2D eigenvalue weighted by Gasteiger charge is -2.15. The van der Waals surface area contributed by atoms with E-state index in [4.69, 9.17) is 4.52 Å². The first kappa shape index (κ1) is 19.6. The van der Waals surface area contributed by atoms with Crippen molar-refractivity contribution in [3.8, 4) is 5.75 Å². The van der Waals surface area contributed by atoms with E-state index in [9.17, 15) is 13.9 Å². The summed E-state index contributed by atoms with van der Waals surface area (Å²) in [5.74, 6) is 1.42. The highest BCUT2D eigenvalue weighted by Crippen LogP contribution is 2.18. The number of aliphatic hydroxyl groups is 1. The molecule has 1 atom stereocenters. The van der Waals surface area contributed by atoms with Crippen molar-refractivity contribution in [2.75, 3.05) is 13.1 Å². The molecule has 1 heterocycles. The SMILES string of the molecule is CCNC(=NCc1nc(C)no1)NCC(O)c1ccc(OC(F)F)cc1. The van der Waals surface area contributed by atoms with Crippen molar-refractivity contribution in [3.63, 3.8) is 0 Å². The molecule has 142 valence electrons. The number of aliphatic hydroxyl groups excluding tert-OH is 1. The molecule has 1 aromatic carbocycles. The molecule has 8 nitrogen and oxygen atoms in total. The molecule has 0 aliphatic heterocycles. The van der Waals surface area contributed by atoms with E-state index >= 15 is 0 Å². The molecule has 0 bridgehead atoms. The summed E-state index contributed by atoms with van der Waals surface area (Å²) in [6, 6.07) is 5.80. The molecular formula is C16H21F2N5O3. The van der Waals surface area contributed by atoms with E-state index in [1.54, 1.807) is 6.92 Å². The average Bonchev–Trinajstić information content (AvgIpc) is 3.02. The number of nitrogens with one attached hydrogen (secondary N) is 2. The van der Waals surface area contributed by atoms with Crippen LogP contribution >= 0.6 is 0 Å². The zero-order valence-corrected chi connectivity index (χ0v) is 14.4. The summed E-state index contributed by atoms with van der Waals surface area (Å²) in [5, 5.41) is 19.9. The van der Waals surface area contributed by atoms with Crippen LogP contribution < -0.4 is 15.4 Å². The van der Waals surface area contributed by atoms with Crippen LogP contribution in [0.15, 0.2) is 33.8 Å². The lowest BCUT2D eigenvalue weighted by Crippen LogP contribution is -2.39. The van der Waals surface area contributed by atoms with Crippen LogP contribution in [-0.2, 0) is 6.54 Å². The van der Waals surface area contributed by atoms with Gasteiger partial charge in [0.2, 0.25) is 5.89 Å². The lowest BCUT2D eigenvalue weighted by molar-refractivity contribution is -0.0498. The molecule has 0 spiro atoms. The lowest BCUT2D eigenvalue weighted by atomic mass is 10.1. The number of hydrogen-bond acceptors (Lipinski definition) is 6. The van der Waals surface area contributed by atoms with E-state index < -0.39 is 12.7 Å². The Balaban J connectivity index is 1.90. The van der Waals surface area contributed by atoms with Gasteiger partial charge in [0.15, 0.2) is 11.8 Å². The molecule has 0 aliphatic rings. The van der Waals surface area contributed by atoms with Crippen molar-refractivity contribution in [3.05, 3.63) is 41.5 Å². The van der Waals surface area contributed by atoms with Crippen LogP contribution in [0.3, 0.4) is 0 Å². The third-order valence-corrected chi connectivity index (χ3v) is 3.24. The molecule has 0 aliphatic carbocycles. The third-order valence-electron chi connectivity index (χ3n) is 3.24. The van der Waals surface area contributed by atoms with E-state index in [1.165, 1.54) is 24.3 Å². The first-order valence-electron chi connectivity index (χ1n) is 8.02. The summed E-state index contributed by atoms with van der Waals surface area (Å²) in [6.45, 7) is 1.74. The summed E-state index contributed by atoms with van der Waals surface area (Å²) >= 11 is 0. The highest BCUT2D eigenvalue weighted by Gasteiger charge is 2.10. The maximum atomic E-state index is 12.1. The van der Waals surface area contributed by atoms with E-state index in [0.717, 1.165) is 0 Å². The standard InChI is InChI=1S/C16H21F2N5O3/c1-3-19-16(21-9-14-22-10(2)23-26-14)20-8-13(24)11-4-6-12(7-5-11)25-15(17)18/h4-7,13,15,24H,3,8-9H2,1-2H3,(H2,19,20,21). The van der Waals surface area contributed by atoms with Crippen LogP contribution in [0.25, 0.3) is 0 Å². The third kappa shape index (κ3) is 6.28. The molecule has 1 unspecified atom stereocenters. The summed E-state index contributed by atoms with van der Waals surface area (Å²) in [4.78, 5) is 8.35. The fraction of sp³-hybridized carbons (Fsp3) is 0.438. The zero-order chi connectivity index (χ0) is 18.9. The molecule has 1 aromatic heterocycles. The number of benzene rings is 1. The molecule has 3 N–H and O–H groups in total. The number of guanidine groups is 1. The van der Waals surface area contributed by atoms with E-state index in [2.05, 4.69) is 30.5 Å². The monoisotopic (exact) mass is 369 g/mol. The van der Waals surface area contributed by atoms with Gasteiger partial charge in [-0.15, -0.1) is 0 Å². The highest BCUT2D eigenvalue weighted by atomic mass is 19.3. The second-order valence-corrected chi connectivity index (χ2v) is 5.27. The minimum Gasteiger partial charge on any atom is -0.435 e. The second kappa shape index (κ2) is 9.66. The fourth-order valence-corrected chi connectivity index (χ4v) is 2.08. The van der Waals surface area contributed by atoms with Gasteiger partial charge in [0.1, 0.15) is 12.3 Å². The van der Waals surface area contributed by atoms with Gasteiger partial charge < -0.3 is 25.0 Å². The number of aromatic nitrogens is 2. The second-order valence-electron chi connectivity index (χ2n) is 5.27. The Morgan fingerprint density at radius 3 is 2.62 bits per heavy atom. The Bertz CT molecular complexity index is 706. The maximum absolute atomic E-state index is 12.1. The summed E-state index contributed by atoms with van der Waals surface area (Å²) in [6.07, 6.45) is -0.856. The van der Waals surface area contributed by atoms with Crippen molar-refractivity contribution < 1.29 is 23.1 Å². The van der Waals surface area contributed by atoms with Crippen molar-refractivity contribution >= 4 is 5.96 Å². The maximum Gasteiger partial charge on any atom is 0.387 e. The van der Waals surface area contributed by atoms with Gasteiger partial charge in [-0.2, -0.15) is 13.8 Å². The molecular weight excluding hydrogens is 348 g/mol. The Hall–Kier alpha value is -2.75. The van der Waals surface area contributed by atoms with Gasteiger partial charge in [-0.1, -0.05) is 17.3 Å². The number of hydrogen-bond donors (Lipinski definition) is 3. The summed E-state index contributed by atoms with van der Waals surface area (Å²) in [5.41, 5.74) is 0.558. The number of halogens is 2. The van der Waals surface area contributed by atoms with Gasteiger partial charge in [0.05, 0.1) is 6.10 Å². The van der Waals surface area contributed by atoms with E-state index in [-0.39, 0.29) is 18.8 Å². The van der Waals surface area contributed by atoms with Gasteiger partial charge in [0.25, 0.3) is 0 Å². The van der Waals surface area contributed by atoms with Crippen LogP contribution in [0.4, 0.5) is 8.78 Å². The quantitative estimate of drug-likeness (QED) is 0.481. The molecule has 10 heteroatoms. The number of aliphatic imine (C=N–C) groups is 1. The predicted molar refractivity (Wildman–Crippen MR) is 89.9 cm³/mol. The molecule has 0 amide bonds. The van der Waals surface area contributed by atoms with Crippen molar-refractivity contribution in [1.29, 1.82) is 0 Å². The highest BCUT2D eigenvalue weighted by molar-refractivity contribution is 5.79. The minimum absolute atomic E-state index is 0.0358. The van der Waals surface area contributed by atoms with Crippen molar-refractivity contribution in [2.24, 2.45) is 4.99 Å². The Labute approximate surface area is 149 Å². The van der Waals surface area contributed by atoms with Crippen molar-refractivity contribution in [2.45, 2.75) is 33.1 Å². The van der Waals surface area contributed by atoms with Gasteiger partial charge in [-0.3, -0.25) is 0 Å². The molecule has 0 saturated carbocycles. The number of alkyl halides is 2. The Kier molecular flexibility index (Phi) is 7.27. The first-order valence-corrected chi connectivity index (χ1v) is 8.02. The first-order chi connectivity index (χ1) is 12.5. The van der Waals surface area contributed by atoms with Crippen molar-refractivity contribution in [1.82, 2.24) is 20.8 Å². The molecule has 26 heavy (non-hydrogen) atoms. The van der Waals surface area contributed by atoms with Gasteiger partial charge >= 0.3 is 6.61 Å². The molecule has 0 saturated heterocycles. The zero-order valence-electron chi connectivity index (χ0n) is 14.4. The summed E-state index contributed by atoms with van der Waals surface area (Å²) < 4.78 is 33.5.